The van der Waals surface area contributed by atoms with E-state index in [1.54, 1.807) is 48.5 Å². The van der Waals surface area contributed by atoms with Gasteiger partial charge in [-0.1, -0.05) is 82.1 Å². The van der Waals surface area contributed by atoms with Crippen molar-refractivity contribution in [1.82, 2.24) is 0 Å². The van der Waals surface area contributed by atoms with Gasteiger partial charge in [-0.3, -0.25) is 24.1 Å². The summed E-state index contributed by atoms with van der Waals surface area (Å²) in [4.78, 5) is 52.9. The molecule has 0 radical (unpaired) electrons. The van der Waals surface area contributed by atoms with Gasteiger partial charge >= 0.3 is 0 Å². The lowest BCUT2D eigenvalue weighted by atomic mass is 9.82. The molecule has 0 saturated carbocycles. The van der Waals surface area contributed by atoms with Crippen LogP contribution in [0.4, 0.5) is 17.1 Å². The Kier molecular flexibility index (Phi) is 10.9. The average molecular weight is 558 g/mol. The Bertz CT molecular complexity index is 1280. The largest absolute Gasteiger partial charge is 0.326 e. The molecule has 1 aliphatic heterocycles. The predicted octanol–water partition coefficient (Wildman–Crippen LogP) is 7.64. The van der Waals surface area contributed by atoms with Gasteiger partial charge in [0.15, 0.2) is 0 Å². The van der Waals surface area contributed by atoms with E-state index >= 15 is 0 Å². The van der Waals surface area contributed by atoms with Crippen molar-refractivity contribution in [2.45, 2.75) is 90.9 Å². The number of imide groups is 1. The van der Waals surface area contributed by atoms with Gasteiger partial charge in [0, 0.05) is 23.4 Å². The molecule has 7 heteroatoms. The number of carbonyl (C=O) groups is 4. The van der Waals surface area contributed by atoms with Crippen LogP contribution in [0.15, 0.2) is 60.2 Å². The van der Waals surface area contributed by atoms with Gasteiger partial charge in [-0.2, -0.15) is 0 Å². The van der Waals surface area contributed by atoms with Crippen molar-refractivity contribution >= 4 is 40.7 Å². The van der Waals surface area contributed by atoms with Crippen molar-refractivity contribution in [3.05, 3.63) is 65.7 Å². The quantitative estimate of drug-likeness (QED) is 0.142. The summed E-state index contributed by atoms with van der Waals surface area (Å²) in [7, 11) is 0. The number of carbonyl (C=O) groups excluding carboxylic acids is 4. The molecule has 1 fully saturated rings. The first-order valence-electron chi connectivity index (χ1n) is 15.2. The number of fused-ring (bicyclic) bond motifs is 1. The normalized spacial score (nSPS) is 18.2. The molecule has 2 aromatic carbocycles. The van der Waals surface area contributed by atoms with Crippen LogP contribution < -0.4 is 15.5 Å². The van der Waals surface area contributed by atoms with Crippen LogP contribution in [0.1, 0.15) is 101 Å². The Morgan fingerprint density at radius 2 is 1.44 bits per heavy atom. The molecule has 1 saturated heterocycles. The third-order valence-corrected chi connectivity index (χ3v) is 8.10. The second-order valence-corrected chi connectivity index (χ2v) is 11.4. The summed E-state index contributed by atoms with van der Waals surface area (Å²) >= 11 is 0. The molecule has 2 aliphatic rings. The van der Waals surface area contributed by atoms with E-state index in [1.165, 1.54) is 49.8 Å². The fourth-order valence-corrected chi connectivity index (χ4v) is 5.78. The van der Waals surface area contributed by atoms with E-state index in [2.05, 4.69) is 17.6 Å². The first kappa shape index (κ1) is 30.2. The summed E-state index contributed by atoms with van der Waals surface area (Å²) in [5.74, 6) is -1.46. The van der Waals surface area contributed by atoms with E-state index in [1.807, 2.05) is 13.0 Å². The minimum absolute atomic E-state index is 0.0324. The van der Waals surface area contributed by atoms with Crippen LogP contribution in [-0.2, 0) is 14.4 Å². The highest BCUT2D eigenvalue weighted by atomic mass is 16.2. The first-order chi connectivity index (χ1) is 19.9. The summed E-state index contributed by atoms with van der Waals surface area (Å²) < 4.78 is 0. The maximum atomic E-state index is 13.1. The second kappa shape index (κ2) is 14.8. The fourth-order valence-electron chi connectivity index (χ4n) is 5.78. The van der Waals surface area contributed by atoms with Crippen LogP contribution in [0, 0.1) is 11.8 Å². The van der Waals surface area contributed by atoms with Crippen LogP contribution in [-0.4, -0.2) is 23.6 Å². The van der Waals surface area contributed by atoms with Gasteiger partial charge in [-0.05, 0) is 62.6 Å². The fraction of sp³-hybridized carbons (Fsp3) is 0.471. The molecule has 0 bridgehead atoms. The van der Waals surface area contributed by atoms with Gasteiger partial charge in [-0.15, -0.1) is 0 Å². The summed E-state index contributed by atoms with van der Waals surface area (Å²) in [6, 6.07) is 13.7. The zero-order chi connectivity index (χ0) is 29.2. The van der Waals surface area contributed by atoms with Gasteiger partial charge in [0.1, 0.15) is 0 Å². The number of allylic oxidation sites excluding steroid dienone is 2. The number of hydrogen-bond acceptors (Lipinski definition) is 4. The number of unbranched alkanes of at least 4 members (excludes halogenated alkanes) is 8. The highest BCUT2D eigenvalue weighted by Crippen LogP contribution is 2.39. The van der Waals surface area contributed by atoms with Crippen molar-refractivity contribution in [2.24, 2.45) is 11.8 Å². The van der Waals surface area contributed by atoms with Crippen LogP contribution >= 0.6 is 0 Å². The summed E-state index contributed by atoms with van der Waals surface area (Å²) in [5, 5.41) is 5.79. The summed E-state index contributed by atoms with van der Waals surface area (Å²) in [6.45, 7) is 4.21. The zero-order valence-electron chi connectivity index (χ0n) is 24.4. The third-order valence-electron chi connectivity index (χ3n) is 8.10. The van der Waals surface area contributed by atoms with Gasteiger partial charge in [0.2, 0.25) is 17.7 Å². The maximum absolute atomic E-state index is 13.1. The van der Waals surface area contributed by atoms with Gasteiger partial charge in [-0.25, -0.2) is 0 Å². The summed E-state index contributed by atoms with van der Waals surface area (Å²) in [6.07, 6.45) is 14.5. The molecule has 4 amide bonds. The Morgan fingerprint density at radius 1 is 0.805 bits per heavy atom. The average Bonchev–Trinajstić information content (AvgIpc) is 3.21. The highest BCUT2D eigenvalue weighted by molar-refractivity contribution is 6.22. The number of nitrogens with zero attached hydrogens (tertiary/aromatic N) is 1. The van der Waals surface area contributed by atoms with Crippen molar-refractivity contribution in [1.29, 1.82) is 0 Å². The third kappa shape index (κ3) is 8.15. The molecule has 0 spiro atoms. The smallest absolute Gasteiger partial charge is 0.255 e. The van der Waals surface area contributed by atoms with E-state index < -0.39 is 0 Å². The Morgan fingerprint density at radius 3 is 2.17 bits per heavy atom. The zero-order valence-corrected chi connectivity index (χ0v) is 24.4. The Balaban J connectivity index is 1.27. The Hall–Kier alpha value is -3.74. The molecule has 2 N–H and O–H groups in total. The monoisotopic (exact) mass is 557 g/mol. The number of amides is 4. The van der Waals surface area contributed by atoms with Crippen molar-refractivity contribution in [3.63, 3.8) is 0 Å². The molecule has 1 aliphatic carbocycles. The molecular weight excluding hydrogens is 514 g/mol. The number of hydrogen-bond donors (Lipinski definition) is 2. The molecule has 1 heterocycles. The first-order valence-corrected chi connectivity index (χ1v) is 15.2. The number of benzene rings is 2. The van der Waals surface area contributed by atoms with Crippen molar-refractivity contribution in [2.75, 3.05) is 15.5 Å². The standard InChI is InChI=1S/C34H43N3O4/c1-3-4-5-6-7-8-9-10-11-18-31(38)35-26-15-13-16-27(23-26)36-32(39)25-14-12-17-28(22-25)37-33(40)29-20-19-24(2)21-30(29)34(37)41/h12-17,19,22-23,29-30H,3-11,18,20-21H2,1-2H3,(H,35,38)(H,36,39)/t29-,30-/m1/s1. The van der Waals surface area contributed by atoms with Crippen molar-refractivity contribution in [3.8, 4) is 0 Å². The molecule has 2 atom stereocenters. The maximum Gasteiger partial charge on any atom is 0.255 e. The lowest BCUT2D eigenvalue weighted by molar-refractivity contribution is -0.122. The van der Waals surface area contributed by atoms with Crippen LogP contribution in [0.2, 0.25) is 0 Å². The van der Waals surface area contributed by atoms with Gasteiger partial charge in [0.25, 0.3) is 5.91 Å². The van der Waals surface area contributed by atoms with Crippen molar-refractivity contribution < 1.29 is 19.2 Å². The molecule has 4 rings (SSSR count). The van der Waals surface area contributed by atoms with E-state index in [0.29, 0.717) is 41.9 Å². The van der Waals surface area contributed by atoms with Gasteiger partial charge < -0.3 is 10.6 Å². The molecule has 41 heavy (non-hydrogen) atoms. The lowest BCUT2D eigenvalue weighted by Gasteiger charge is -2.18. The van der Waals surface area contributed by atoms with E-state index in [0.717, 1.165) is 18.4 Å². The van der Waals surface area contributed by atoms with Crippen LogP contribution in [0.25, 0.3) is 0 Å². The molecule has 2 aromatic rings. The van der Waals surface area contributed by atoms with Crippen LogP contribution in [0.5, 0.6) is 0 Å². The second-order valence-electron chi connectivity index (χ2n) is 11.4. The molecular formula is C34H43N3O4. The van der Waals surface area contributed by atoms with E-state index in [-0.39, 0.29) is 35.5 Å². The minimum Gasteiger partial charge on any atom is -0.326 e. The minimum atomic E-state index is -0.362. The molecule has 0 aromatic heterocycles. The lowest BCUT2D eigenvalue weighted by Crippen LogP contribution is -2.31. The van der Waals surface area contributed by atoms with E-state index in [9.17, 15) is 19.2 Å². The Labute approximate surface area is 243 Å². The van der Waals surface area contributed by atoms with E-state index in [4.69, 9.17) is 0 Å². The highest BCUT2D eigenvalue weighted by Gasteiger charge is 2.48. The number of rotatable bonds is 14. The predicted molar refractivity (Wildman–Crippen MR) is 164 cm³/mol. The molecule has 7 nitrogen and oxygen atoms in total. The molecule has 0 unspecified atom stereocenters. The van der Waals surface area contributed by atoms with Crippen LogP contribution in [0.3, 0.4) is 0 Å². The topological polar surface area (TPSA) is 95.6 Å². The number of anilines is 3. The molecule has 218 valence electrons. The van der Waals surface area contributed by atoms with Gasteiger partial charge in [0.05, 0.1) is 17.5 Å². The summed E-state index contributed by atoms with van der Waals surface area (Å²) in [5.41, 5.74) is 3.05. The SMILES string of the molecule is CCCCCCCCCCCC(=O)Nc1cccc(NC(=O)c2cccc(N3C(=O)[C@@H]4CC=C(C)C[C@H]4C3=O)c2)c1. The number of nitrogens with one attached hydrogen (secondary N) is 2.